The van der Waals surface area contributed by atoms with Crippen molar-refractivity contribution in [3.8, 4) is 0 Å². The molecule has 0 aromatic heterocycles. The van der Waals surface area contributed by atoms with Crippen LogP contribution in [0.3, 0.4) is 0 Å². The second kappa shape index (κ2) is 5.93. The maximum absolute atomic E-state index is 14.3. The monoisotopic (exact) mass is 262 g/mol. The molecule has 0 aliphatic carbocycles. The number of ether oxygens (including phenoxy) is 2. The SMILES string of the molecule is CCOC(=O)CC(F)(C(C)=O)C(=O)OC(C)(C)C. The third-order valence-corrected chi connectivity index (χ3v) is 1.97. The Kier molecular flexibility index (Phi) is 5.45. The molecule has 0 saturated heterocycles. The van der Waals surface area contributed by atoms with E-state index in [1.165, 1.54) is 20.8 Å². The summed E-state index contributed by atoms with van der Waals surface area (Å²) in [5, 5.41) is 0. The Hall–Kier alpha value is -1.46. The summed E-state index contributed by atoms with van der Waals surface area (Å²) in [5.41, 5.74) is -3.93. The van der Waals surface area contributed by atoms with Crippen molar-refractivity contribution in [2.45, 2.75) is 52.3 Å². The second-order valence-electron chi connectivity index (χ2n) is 4.84. The lowest BCUT2D eigenvalue weighted by atomic mass is 9.97. The van der Waals surface area contributed by atoms with Crippen molar-refractivity contribution in [2.75, 3.05) is 6.61 Å². The highest BCUT2D eigenvalue weighted by Gasteiger charge is 2.49. The van der Waals surface area contributed by atoms with Crippen LogP contribution in [0.2, 0.25) is 0 Å². The molecule has 104 valence electrons. The van der Waals surface area contributed by atoms with Crippen molar-refractivity contribution in [1.29, 1.82) is 0 Å². The number of esters is 2. The molecule has 0 saturated carbocycles. The van der Waals surface area contributed by atoms with E-state index in [4.69, 9.17) is 4.74 Å². The highest BCUT2D eigenvalue weighted by molar-refractivity contribution is 6.08. The van der Waals surface area contributed by atoms with E-state index in [1.807, 2.05) is 0 Å². The molecule has 0 aliphatic heterocycles. The van der Waals surface area contributed by atoms with Gasteiger partial charge in [0.2, 0.25) is 0 Å². The largest absolute Gasteiger partial charge is 0.466 e. The first-order chi connectivity index (χ1) is 8.03. The van der Waals surface area contributed by atoms with Crippen LogP contribution in [0.4, 0.5) is 4.39 Å². The summed E-state index contributed by atoms with van der Waals surface area (Å²) in [6, 6.07) is 0. The zero-order chi connectivity index (χ0) is 14.6. The van der Waals surface area contributed by atoms with Crippen LogP contribution >= 0.6 is 0 Å². The van der Waals surface area contributed by atoms with Crippen molar-refractivity contribution in [2.24, 2.45) is 0 Å². The Morgan fingerprint density at radius 3 is 2.00 bits per heavy atom. The minimum atomic E-state index is -2.99. The number of carbonyl (C=O) groups is 3. The summed E-state index contributed by atoms with van der Waals surface area (Å²) >= 11 is 0. The van der Waals surface area contributed by atoms with E-state index in [2.05, 4.69) is 4.74 Å². The van der Waals surface area contributed by atoms with Crippen LogP contribution in [0.5, 0.6) is 0 Å². The van der Waals surface area contributed by atoms with E-state index in [0.29, 0.717) is 0 Å². The van der Waals surface area contributed by atoms with Crippen LogP contribution in [-0.2, 0) is 23.9 Å². The lowest BCUT2D eigenvalue weighted by Crippen LogP contribution is -2.47. The topological polar surface area (TPSA) is 69.7 Å². The fraction of sp³-hybridized carbons (Fsp3) is 0.750. The van der Waals surface area contributed by atoms with Crippen LogP contribution in [-0.4, -0.2) is 35.6 Å². The van der Waals surface area contributed by atoms with Crippen molar-refractivity contribution < 1.29 is 28.2 Å². The van der Waals surface area contributed by atoms with E-state index >= 15 is 0 Å². The first-order valence-corrected chi connectivity index (χ1v) is 5.62. The van der Waals surface area contributed by atoms with Crippen LogP contribution in [0.15, 0.2) is 0 Å². The van der Waals surface area contributed by atoms with Crippen molar-refractivity contribution in [1.82, 2.24) is 0 Å². The number of hydrogen-bond acceptors (Lipinski definition) is 5. The fourth-order valence-corrected chi connectivity index (χ4v) is 1.11. The minimum Gasteiger partial charge on any atom is -0.466 e. The minimum absolute atomic E-state index is 0.0428. The predicted octanol–water partition coefficient (Wildman–Crippen LogP) is 1.58. The molecular weight excluding hydrogens is 243 g/mol. The molecule has 0 N–H and O–H groups in total. The maximum Gasteiger partial charge on any atom is 0.352 e. The molecule has 0 aromatic carbocycles. The molecule has 0 rings (SSSR count). The van der Waals surface area contributed by atoms with Gasteiger partial charge in [-0.3, -0.25) is 9.59 Å². The first kappa shape index (κ1) is 16.5. The van der Waals surface area contributed by atoms with Gasteiger partial charge in [-0.1, -0.05) is 0 Å². The zero-order valence-corrected chi connectivity index (χ0v) is 11.3. The number of alkyl halides is 1. The highest BCUT2D eigenvalue weighted by atomic mass is 19.1. The number of Topliss-reactive ketones (excluding diaryl/α,β-unsaturated/α-hetero) is 1. The van der Waals surface area contributed by atoms with E-state index in [9.17, 15) is 18.8 Å². The van der Waals surface area contributed by atoms with Crippen LogP contribution in [0, 0.1) is 0 Å². The van der Waals surface area contributed by atoms with Gasteiger partial charge in [0, 0.05) is 0 Å². The molecule has 0 fully saturated rings. The normalized spacial score (nSPS) is 14.6. The molecule has 0 aromatic rings. The summed E-state index contributed by atoms with van der Waals surface area (Å²) in [6.45, 7) is 7.09. The van der Waals surface area contributed by atoms with Gasteiger partial charge in [0.15, 0.2) is 5.78 Å². The lowest BCUT2D eigenvalue weighted by molar-refractivity contribution is -0.176. The summed E-state index contributed by atoms with van der Waals surface area (Å²) in [7, 11) is 0. The van der Waals surface area contributed by atoms with Gasteiger partial charge in [-0.2, -0.15) is 0 Å². The van der Waals surface area contributed by atoms with Crippen molar-refractivity contribution >= 4 is 17.7 Å². The number of halogens is 1. The van der Waals surface area contributed by atoms with E-state index in [1.54, 1.807) is 6.92 Å². The Balaban J connectivity index is 4.98. The summed E-state index contributed by atoms with van der Waals surface area (Å²) in [4.78, 5) is 34.1. The molecule has 1 atom stereocenters. The van der Waals surface area contributed by atoms with Gasteiger partial charge in [-0.15, -0.1) is 0 Å². The molecule has 0 radical (unpaired) electrons. The van der Waals surface area contributed by atoms with E-state index in [-0.39, 0.29) is 6.61 Å². The summed E-state index contributed by atoms with van der Waals surface area (Å²) in [6.07, 6.45) is -0.967. The number of ketones is 1. The standard InChI is InChI=1S/C12H19FO5/c1-6-17-9(15)7-12(13,8(2)14)10(16)18-11(3,4)5/h6-7H2,1-5H3. The molecule has 0 heterocycles. The average molecular weight is 262 g/mol. The lowest BCUT2D eigenvalue weighted by Gasteiger charge is -2.26. The molecule has 0 bridgehead atoms. The van der Waals surface area contributed by atoms with Crippen molar-refractivity contribution in [3.05, 3.63) is 0 Å². The fourth-order valence-electron chi connectivity index (χ4n) is 1.11. The second-order valence-corrected chi connectivity index (χ2v) is 4.84. The Bertz CT molecular complexity index is 345. The van der Waals surface area contributed by atoms with Crippen LogP contribution in [0.1, 0.15) is 41.0 Å². The number of hydrogen-bond donors (Lipinski definition) is 0. The molecule has 0 amide bonds. The average Bonchev–Trinajstić information content (AvgIpc) is 2.14. The van der Waals surface area contributed by atoms with Crippen molar-refractivity contribution in [3.63, 3.8) is 0 Å². The Morgan fingerprint density at radius 2 is 1.67 bits per heavy atom. The Morgan fingerprint density at radius 1 is 1.17 bits per heavy atom. The van der Waals surface area contributed by atoms with Crippen LogP contribution < -0.4 is 0 Å². The van der Waals surface area contributed by atoms with Gasteiger partial charge >= 0.3 is 11.9 Å². The molecule has 0 aliphatic rings. The third kappa shape index (κ3) is 4.81. The van der Waals surface area contributed by atoms with E-state index in [0.717, 1.165) is 6.92 Å². The smallest absolute Gasteiger partial charge is 0.352 e. The zero-order valence-electron chi connectivity index (χ0n) is 11.3. The van der Waals surface area contributed by atoms with Gasteiger partial charge in [-0.05, 0) is 34.6 Å². The summed E-state index contributed by atoms with van der Waals surface area (Å²) in [5.74, 6) is -3.40. The third-order valence-electron chi connectivity index (χ3n) is 1.97. The molecular formula is C12H19FO5. The molecule has 6 heteroatoms. The van der Waals surface area contributed by atoms with E-state index < -0.39 is 35.4 Å². The first-order valence-electron chi connectivity index (χ1n) is 5.62. The van der Waals surface area contributed by atoms with Crippen LogP contribution in [0.25, 0.3) is 0 Å². The van der Waals surface area contributed by atoms with Gasteiger partial charge in [0.25, 0.3) is 5.67 Å². The predicted molar refractivity (Wildman–Crippen MR) is 61.6 cm³/mol. The molecule has 0 spiro atoms. The van der Waals surface area contributed by atoms with Gasteiger partial charge in [-0.25, -0.2) is 9.18 Å². The molecule has 5 nitrogen and oxygen atoms in total. The molecule has 18 heavy (non-hydrogen) atoms. The van der Waals surface area contributed by atoms with Gasteiger partial charge in [0.05, 0.1) is 13.0 Å². The quantitative estimate of drug-likeness (QED) is 0.555. The van der Waals surface area contributed by atoms with Gasteiger partial charge < -0.3 is 9.47 Å². The summed E-state index contributed by atoms with van der Waals surface area (Å²) < 4.78 is 23.6. The number of rotatable bonds is 5. The Labute approximate surface area is 106 Å². The maximum atomic E-state index is 14.3. The molecule has 1 unspecified atom stereocenters. The van der Waals surface area contributed by atoms with Gasteiger partial charge in [0.1, 0.15) is 5.60 Å². The number of carbonyl (C=O) groups excluding carboxylic acids is 3. The highest BCUT2D eigenvalue weighted by Crippen LogP contribution is 2.23.